The van der Waals surface area contributed by atoms with Gasteiger partial charge in [-0.25, -0.2) is 24.0 Å². The topological polar surface area (TPSA) is 172 Å². The van der Waals surface area contributed by atoms with Crippen molar-refractivity contribution in [2.24, 2.45) is 0 Å². The van der Waals surface area contributed by atoms with Gasteiger partial charge in [0.1, 0.15) is 37.3 Å². The summed E-state index contributed by atoms with van der Waals surface area (Å²) in [4.78, 5) is 69.6. The quantitative estimate of drug-likeness (QED) is 0.0305. The van der Waals surface area contributed by atoms with Crippen molar-refractivity contribution in [1.82, 2.24) is 0 Å². The largest absolute Gasteiger partial charge is 0.484 e. The SMILES string of the molecule is CC(C)=CCCC(C)=CCOc1c(OCc2ccccc2)c2ccc(O[C@@H]3O[C@H](COC(=O)c4ccccc4)[C@@H](OC(=O)c4ccccc4)[C@H](OC(=O)c4ccccc4)[C@H]3OC(=O)c3ccccc3)cc2oc1=O. The first-order chi connectivity index (χ1) is 36.0. The van der Waals surface area contributed by atoms with E-state index in [0.29, 0.717) is 5.39 Å². The lowest BCUT2D eigenvalue weighted by atomic mass is 9.97. The number of allylic oxidation sites excluding steroid dienone is 3. The first kappa shape index (κ1) is 51.6. The van der Waals surface area contributed by atoms with Gasteiger partial charge < -0.3 is 42.3 Å². The van der Waals surface area contributed by atoms with Crippen LogP contribution in [0.5, 0.6) is 17.2 Å². The molecule has 378 valence electrons. The Balaban J connectivity index is 1.19. The molecule has 0 amide bonds. The summed E-state index contributed by atoms with van der Waals surface area (Å²) in [5.74, 6) is -3.31. The van der Waals surface area contributed by atoms with Crippen molar-refractivity contribution in [3.8, 4) is 17.2 Å². The summed E-state index contributed by atoms with van der Waals surface area (Å²) < 4.78 is 55.8. The zero-order valence-corrected chi connectivity index (χ0v) is 41.0. The number of rotatable bonds is 20. The number of fused-ring (bicyclic) bond motifs is 1. The number of benzene rings is 6. The average molecular weight is 999 g/mol. The van der Waals surface area contributed by atoms with Crippen LogP contribution in [-0.4, -0.2) is 67.8 Å². The normalized spacial score (nSPS) is 17.3. The molecular formula is C60H54O14. The lowest BCUT2D eigenvalue weighted by Crippen LogP contribution is -2.63. The Kier molecular flexibility index (Phi) is 17.5. The number of hydrogen-bond acceptors (Lipinski definition) is 14. The monoisotopic (exact) mass is 998 g/mol. The first-order valence-electron chi connectivity index (χ1n) is 24.0. The van der Waals surface area contributed by atoms with Gasteiger partial charge in [0.2, 0.25) is 18.1 Å². The van der Waals surface area contributed by atoms with E-state index < -0.39 is 66.8 Å². The van der Waals surface area contributed by atoms with Crippen LogP contribution in [0.3, 0.4) is 0 Å². The van der Waals surface area contributed by atoms with Crippen molar-refractivity contribution in [2.75, 3.05) is 13.2 Å². The Bertz CT molecular complexity index is 3130. The third-order valence-corrected chi connectivity index (χ3v) is 11.8. The van der Waals surface area contributed by atoms with Gasteiger partial charge in [-0.3, -0.25) is 0 Å². The number of ether oxygens (including phenoxy) is 8. The van der Waals surface area contributed by atoms with Gasteiger partial charge in [0.15, 0.2) is 18.0 Å². The fourth-order valence-corrected chi connectivity index (χ4v) is 7.92. The molecule has 7 aromatic rings. The summed E-state index contributed by atoms with van der Waals surface area (Å²) in [5.41, 5.74) is 2.94. The molecule has 2 heterocycles. The fraction of sp³-hybridized carbons (Fsp3) is 0.217. The van der Waals surface area contributed by atoms with Gasteiger partial charge in [-0.1, -0.05) is 120 Å². The fourth-order valence-electron chi connectivity index (χ4n) is 7.92. The van der Waals surface area contributed by atoms with Crippen molar-refractivity contribution < 1.29 is 61.5 Å². The molecule has 8 rings (SSSR count). The Hall–Kier alpha value is -8.75. The highest BCUT2D eigenvalue weighted by Gasteiger charge is 2.54. The van der Waals surface area contributed by atoms with Crippen LogP contribution < -0.4 is 19.8 Å². The molecule has 0 aliphatic carbocycles. The predicted molar refractivity (Wildman–Crippen MR) is 274 cm³/mol. The van der Waals surface area contributed by atoms with Crippen LogP contribution in [0.1, 0.15) is 80.6 Å². The van der Waals surface area contributed by atoms with Crippen molar-refractivity contribution in [3.63, 3.8) is 0 Å². The molecule has 5 atom stereocenters. The summed E-state index contributed by atoms with van der Waals surface area (Å²) in [6.07, 6.45) is -2.34. The van der Waals surface area contributed by atoms with Crippen LogP contribution in [0.25, 0.3) is 11.0 Å². The highest BCUT2D eigenvalue weighted by Crippen LogP contribution is 2.38. The van der Waals surface area contributed by atoms with E-state index in [1.807, 2.05) is 57.2 Å². The molecule has 0 saturated carbocycles. The van der Waals surface area contributed by atoms with Crippen LogP contribution in [0.2, 0.25) is 0 Å². The maximum absolute atomic E-state index is 14.1. The van der Waals surface area contributed by atoms with Gasteiger partial charge in [-0.15, -0.1) is 0 Å². The second-order valence-electron chi connectivity index (χ2n) is 17.5. The Morgan fingerprint density at radius 1 is 0.554 bits per heavy atom. The number of hydrogen-bond donors (Lipinski definition) is 0. The molecule has 14 heteroatoms. The maximum atomic E-state index is 14.1. The minimum atomic E-state index is -1.69. The Morgan fingerprint density at radius 3 is 1.62 bits per heavy atom. The van der Waals surface area contributed by atoms with Crippen LogP contribution >= 0.6 is 0 Å². The van der Waals surface area contributed by atoms with E-state index in [0.717, 1.165) is 24.0 Å². The lowest BCUT2D eigenvalue weighted by Gasteiger charge is -2.44. The Morgan fingerprint density at radius 2 is 1.07 bits per heavy atom. The van der Waals surface area contributed by atoms with Crippen LogP contribution in [0.15, 0.2) is 202 Å². The van der Waals surface area contributed by atoms with Crippen LogP contribution in [0.4, 0.5) is 0 Å². The average Bonchev–Trinajstić information content (AvgIpc) is 3.42. The number of esters is 4. The van der Waals surface area contributed by atoms with E-state index in [1.165, 1.54) is 48.0 Å². The summed E-state index contributed by atoms with van der Waals surface area (Å²) in [5, 5.41) is 0.358. The summed E-state index contributed by atoms with van der Waals surface area (Å²) in [6.45, 7) is 5.68. The van der Waals surface area contributed by atoms with E-state index in [9.17, 15) is 24.0 Å². The molecule has 1 aliphatic heterocycles. The molecule has 0 bridgehead atoms. The minimum absolute atomic E-state index is 0.0249. The molecule has 0 unspecified atom stereocenters. The van der Waals surface area contributed by atoms with Gasteiger partial charge in [0.05, 0.1) is 27.6 Å². The molecule has 0 spiro atoms. The predicted octanol–water partition coefficient (Wildman–Crippen LogP) is 11.1. The van der Waals surface area contributed by atoms with Gasteiger partial charge in [-0.05, 0) is 106 Å². The second-order valence-corrected chi connectivity index (χ2v) is 17.5. The van der Waals surface area contributed by atoms with Gasteiger partial charge in [-0.2, -0.15) is 0 Å². The van der Waals surface area contributed by atoms with Crippen LogP contribution in [-0.2, 0) is 30.3 Å². The van der Waals surface area contributed by atoms with Crippen molar-refractivity contribution in [3.05, 3.63) is 231 Å². The zero-order chi connectivity index (χ0) is 51.8. The van der Waals surface area contributed by atoms with E-state index in [4.69, 9.17) is 42.3 Å². The first-order valence-corrected chi connectivity index (χ1v) is 24.0. The van der Waals surface area contributed by atoms with Crippen LogP contribution in [0, 0.1) is 0 Å². The zero-order valence-electron chi connectivity index (χ0n) is 41.0. The molecule has 74 heavy (non-hydrogen) atoms. The molecular weight excluding hydrogens is 945 g/mol. The van der Waals surface area contributed by atoms with Gasteiger partial charge in [0.25, 0.3) is 0 Å². The van der Waals surface area contributed by atoms with E-state index in [-0.39, 0.29) is 58.3 Å². The highest BCUT2D eigenvalue weighted by molar-refractivity contribution is 5.92. The molecule has 1 aromatic heterocycles. The molecule has 1 aliphatic rings. The lowest BCUT2D eigenvalue weighted by molar-refractivity contribution is -0.275. The third-order valence-electron chi connectivity index (χ3n) is 11.8. The molecule has 1 saturated heterocycles. The molecule has 14 nitrogen and oxygen atoms in total. The van der Waals surface area contributed by atoms with Crippen molar-refractivity contribution in [1.29, 1.82) is 0 Å². The standard InChI is InChI=1S/C60H54O14/c1-39(2)20-19-21-40(3)34-35-66-53-50(67-37-41-22-9-4-10-23-41)47-33-32-46(36-48(47)70-59(53)65)69-60-54(74-58(64)45-30-17-8-18-31-45)52(73-57(63)44-28-15-7-16-29-44)51(72-56(62)43-26-13-6-14-27-43)49(71-60)38-68-55(61)42-24-11-5-12-25-42/h4-18,20,22-34,36,49,51-52,54,60H,19,21,35,37-38H2,1-3H3/t49-,51-,52+,54-,60-/m1/s1. The van der Waals surface area contributed by atoms with E-state index >= 15 is 0 Å². The number of carbonyl (C=O) groups is 4. The molecule has 6 aromatic carbocycles. The van der Waals surface area contributed by atoms with Crippen molar-refractivity contribution in [2.45, 2.75) is 70.9 Å². The highest BCUT2D eigenvalue weighted by atomic mass is 16.7. The maximum Gasteiger partial charge on any atom is 0.383 e. The minimum Gasteiger partial charge on any atom is -0.484 e. The number of carbonyl (C=O) groups excluding carboxylic acids is 4. The summed E-state index contributed by atoms with van der Waals surface area (Å²) >= 11 is 0. The van der Waals surface area contributed by atoms with E-state index in [1.54, 1.807) is 97.1 Å². The van der Waals surface area contributed by atoms with E-state index in [2.05, 4.69) is 6.08 Å². The van der Waals surface area contributed by atoms with Gasteiger partial charge >= 0.3 is 29.5 Å². The molecule has 0 N–H and O–H groups in total. The second kappa shape index (κ2) is 25.1. The Labute approximate surface area is 427 Å². The van der Waals surface area contributed by atoms with Crippen molar-refractivity contribution >= 4 is 34.8 Å². The smallest absolute Gasteiger partial charge is 0.383 e. The summed E-state index contributed by atoms with van der Waals surface area (Å²) in [6, 6.07) is 46.3. The van der Waals surface area contributed by atoms with Gasteiger partial charge in [0, 0.05) is 6.07 Å². The summed E-state index contributed by atoms with van der Waals surface area (Å²) in [7, 11) is 0. The molecule has 1 fully saturated rings. The molecule has 0 radical (unpaired) electrons. The third kappa shape index (κ3) is 13.6.